The zero-order valence-corrected chi connectivity index (χ0v) is 13.6. The van der Waals surface area contributed by atoms with Gasteiger partial charge in [-0.2, -0.15) is 0 Å². The Labute approximate surface area is 139 Å². The Kier molecular flexibility index (Phi) is 4.85. The van der Waals surface area contributed by atoms with Crippen molar-refractivity contribution in [3.8, 4) is 17.2 Å². The summed E-state index contributed by atoms with van der Waals surface area (Å²) in [4.78, 5) is 0. The van der Waals surface area contributed by atoms with Crippen LogP contribution in [-0.4, -0.2) is 20.3 Å². The first-order valence-electron chi connectivity index (χ1n) is 7.73. The summed E-state index contributed by atoms with van der Waals surface area (Å²) >= 11 is 0. The van der Waals surface area contributed by atoms with Crippen LogP contribution >= 0.6 is 0 Å². The van der Waals surface area contributed by atoms with Gasteiger partial charge in [-0.05, 0) is 42.3 Å². The van der Waals surface area contributed by atoms with Crippen LogP contribution in [0, 0.1) is 11.6 Å². The number of nitrogens with one attached hydrogen (secondary N) is 1. The third kappa shape index (κ3) is 3.43. The largest absolute Gasteiger partial charge is 0.493 e. The van der Waals surface area contributed by atoms with Crippen LogP contribution in [0.1, 0.15) is 24.1 Å². The fourth-order valence-corrected chi connectivity index (χ4v) is 2.60. The quantitative estimate of drug-likeness (QED) is 0.906. The second kappa shape index (κ2) is 7.05. The van der Waals surface area contributed by atoms with E-state index in [4.69, 9.17) is 14.2 Å². The molecule has 0 bridgehead atoms. The summed E-state index contributed by atoms with van der Waals surface area (Å²) < 4.78 is 42.9. The van der Waals surface area contributed by atoms with E-state index in [1.807, 2.05) is 19.1 Å². The maximum absolute atomic E-state index is 13.3. The number of fused-ring (bicyclic) bond motifs is 1. The van der Waals surface area contributed by atoms with Gasteiger partial charge in [-0.25, -0.2) is 8.78 Å². The topological polar surface area (TPSA) is 39.7 Å². The molecule has 0 aromatic heterocycles. The van der Waals surface area contributed by atoms with Crippen LogP contribution in [0.5, 0.6) is 17.2 Å². The SMILES string of the molecule is COc1cc(CN[C@H](C)c2ccc(F)c(F)c2)cc2c1OCCO2. The zero-order valence-electron chi connectivity index (χ0n) is 13.6. The minimum absolute atomic E-state index is 0.140. The van der Waals surface area contributed by atoms with Gasteiger partial charge in [0.05, 0.1) is 7.11 Å². The average molecular weight is 335 g/mol. The van der Waals surface area contributed by atoms with Crippen molar-refractivity contribution in [2.75, 3.05) is 20.3 Å². The molecule has 1 heterocycles. The molecule has 2 aromatic rings. The molecular weight excluding hydrogens is 316 g/mol. The van der Waals surface area contributed by atoms with Crippen molar-refractivity contribution in [2.24, 2.45) is 0 Å². The van der Waals surface area contributed by atoms with E-state index in [1.54, 1.807) is 13.2 Å². The van der Waals surface area contributed by atoms with E-state index in [2.05, 4.69) is 5.32 Å². The molecule has 0 saturated carbocycles. The number of halogens is 2. The minimum atomic E-state index is -0.845. The fraction of sp³-hybridized carbons (Fsp3) is 0.333. The molecule has 128 valence electrons. The Hall–Kier alpha value is -2.34. The summed E-state index contributed by atoms with van der Waals surface area (Å²) in [5.74, 6) is 0.188. The van der Waals surface area contributed by atoms with E-state index < -0.39 is 11.6 Å². The van der Waals surface area contributed by atoms with Gasteiger partial charge < -0.3 is 19.5 Å². The molecule has 0 aliphatic carbocycles. The van der Waals surface area contributed by atoms with Gasteiger partial charge in [0.1, 0.15) is 13.2 Å². The van der Waals surface area contributed by atoms with Gasteiger partial charge in [-0.15, -0.1) is 0 Å². The molecule has 1 atom stereocenters. The number of hydrogen-bond acceptors (Lipinski definition) is 4. The minimum Gasteiger partial charge on any atom is -0.493 e. The lowest BCUT2D eigenvalue weighted by Crippen LogP contribution is -2.20. The molecule has 6 heteroatoms. The highest BCUT2D eigenvalue weighted by Crippen LogP contribution is 2.40. The molecule has 1 aliphatic heterocycles. The third-order valence-electron chi connectivity index (χ3n) is 3.94. The molecule has 2 aromatic carbocycles. The standard InChI is InChI=1S/C18H19F2NO3/c1-11(13-3-4-14(19)15(20)9-13)21-10-12-7-16(22-2)18-17(8-12)23-5-6-24-18/h3-4,7-9,11,21H,5-6,10H2,1-2H3/t11-/m1/s1. The first-order chi connectivity index (χ1) is 11.6. The van der Waals surface area contributed by atoms with Crippen LogP contribution in [-0.2, 0) is 6.54 Å². The van der Waals surface area contributed by atoms with Crippen LogP contribution in [0.25, 0.3) is 0 Å². The molecule has 1 aliphatic rings. The van der Waals surface area contributed by atoms with Gasteiger partial charge in [0, 0.05) is 12.6 Å². The molecule has 0 unspecified atom stereocenters. The van der Waals surface area contributed by atoms with Gasteiger partial charge in [-0.3, -0.25) is 0 Å². The normalized spacial score (nSPS) is 14.3. The van der Waals surface area contributed by atoms with Crippen LogP contribution in [0.2, 0.25) is 0 Å². The van der Waals surface area contributed by atoms with Crippen molar-refractivity contribution in [2.45, 2.75) is 19.5 Å². The fourth-order valence-electron chi connectivity index (χ4n) is 2.60. The molecule has 0 radical (unpaired) electrons. The van der Waals surface area contributed by atoms with Gasteiger partial charge in [0.25, 0.3) is 0 Å². The lowest BCUT2D eigenvalue weighted by molar-refractivity contribution is 0.165. The maximum atomic E-state index is 13.3. The summed E-state index contributed by atoms with van der Waals surface area (Å²) in [7, 11) is 1.58. The molecule has 1 N–H and O–H groups in total. The molecule has 24 heavy (non-hydrogen) atoms. The highest BCUT2D eigenvalue weighted by Gasteiger charge is 2.18. The third-order valence-corrected chi connectivity index (χ3v) is 3.94. The van der Waals surface area contributed by atoms with Crippen molar-refractivity contribution in [1.29, 1.82) is 0 Å². The van der Waals surface area contributed by atoms with Gasteiger partial charge in [-0.1, -0.05) is 6.07 Å². The lowest BCUT2D eigenvalue weighted by Gasteiger charge is -2.22. The Morgan fingerprint density at radius 3 is 2.67 bits per heavy atom. The van der Waals surface area contributed by atoms with E-state index in [0.717, 1.165) is 11.6 Å². The van der Waals surface area contributed by atoms with Gasteiger partial charge >= 0.3 is 0 Å². The Morgan fingerprint density at radius 2 is 1.92 bits per heavy atom. The van der Waals surface area contributed by atoms with Gasteiger partial charge in [0.2, 0.25) is 5.75 Å². The van der Waals surface area contributed by atoms with Crippen LogP contribution in [0.3, 0.4) is 0 Å². The van der Waals surface area contributed by atoms with Crippen molar-refractivity contribution in [3.05, 3.63) is 53.1 Å². The predicted octanol–water partition coefficient (Wildman–Crippen LogP) is 3.60. The van der Waals surface area contributed by atoms with E-state index >= 15 is 0 Å². The average Bonchev–Trinajstić information content (AvgIpc) is 2.61. The van der Waals surface area contributed by atoms with Crippen molar-refractivity contribution < 1.29 is 23.0 Å². The van der Waals surface area contributed by atoms with Gasteiger partial charge in [0.15, 0.2) is 23.1 Å². The number of hydrogen-bond donors (Lipinski definition) is 1. The monoisotopic (exact) mass is 335 g/mol. The number of rotatable bonds is 5. The molecule has 4 nitrogen and oxygen atoms in total. The van der Waals surface area contributed by atoms with Crippen LogP contribution in [0.15, 0.2) is 30.3 Å². The van der Waals surface area contributed by atoms with Crippen LogP contribution < -0.4 is 19.5 Å². The molecule has 0 amide bonds. The molecule has 0 saturated heterocycles. The summed E-state index contributed by atoms with van der Waals surface area (Å²) in [6, 6.07) is 7.54. The van der Waals surface area contributed by atoms with E-state index in [1.165, 1.54) is 6.07 Å². The van der Waals surface area contributed by atoms with Crippen molar-refractivity contribution in [1.82, 2.24) is 5.32 Å². The highest BCUT2D eigenvalue weighted by atomic mass is 19.2. The molecule has 3 rings (SSSR count). The van der Waals surface area contributed by atoms with Crippen molar-refractivity contribution >= 4 is 0 Å². The number of ether oxygens (including phenoxy) is 3. The Balaban J connectivity index is 1.73. The number of methoxy groups -OCH3 is 1. The molecule has 0 fully saturated rings. The Morgan fingerprint density at radius 1 is 1.12 bits per heavy atom. The van der Waals surface area contributed by atoms with E-state index in [0.29, 0.717) is 42.6 Å². The number of benzene rings is 2. The smallest absolute Gasteiger partial charge is 0.203 e. The van der Waals surface area contributed by atoms with Crippen LogP contribution in [0.4, 0.5) is 8.78 Å². The first-order valence-corrected chi connectivity index (χ1v) is 7.73. The zero-order chi connectivity index (χ0) is 17.1. The predicted molar refractivity (Wildman–Crippen MR) is 85.6 cm³/mol. The summed E-state index contributed by atoms with van der Waals surface area (Å²) in [5.41, 5.74) is 1.63. The van der Waals surface area contributed by atoms with Crippen molar-refractivity contribution in [3.63, 3.8) is 0 Å². The maximum Gasteiger partial charge on any atom is 0.203 e. The Bertz CT molecular complexity index is 719. The summed E-state index contributed by atoms with van der Waals surface area (Å²) in [6.07, 6.45) is 0. The molecular formula is C18H19F2NO3. The lowest BCUT2D eigenvalue weighted by atomic mass is 10.1. The summed E-state index contributed by atoms with van der Waals surface area (Å²) in [6.45, 7) is 3.40. The summed E-state index contributed by atoms with van der Waals surface area (Å²) in [5, 5.41) is 3.28. The highest BCUT2D eigenvalue weighted by molar-refractivity contribution is 5.54. The first kappa shape index (κ1) is 16.5. The van der Waals surface area contributed by atoms with E-state index in [-0.39, 0.29) is 6.04 Å². The van der Waals surface area contributed by atoms with E-state index in [9.17, 15) is 8.78 Å². The second-order valence-electron chi connectivity index (χ2n) is 5.60. The molecule has 0 spiro atoms. The second-order valence-corrected chi connectivity index (χ2v) is 5.60.